The lowest BCUT2D eigenvalue weighted by atomic mass is 10.3. The normalized spacial score (nSPS) is 18.4. The van der Waals surface area contributed by atoms with Gasteiger partial charge in [0.1, 0.15) is 6.07 Å². The Morgan fingerprint density at radius 2 is 1.90 bits per heavy atom. The Kier molecular flexibility index (Phi) is 6.45. The molecule has 1 aliphatic carbocycles. The number of aromatic nitrogens is 4. The zero-order valence-corrected chi connectivity index (χ0v) is 18.4. The van der Waals surface area contributed by atoms with E-state index in [0.717, 1.165) is 51.9 Å². The van der Waals surface area contributed by atoms with E-state index in [4.69, 9.17) is 0 Å². The van der Waals surface area contributed by atoms with Gasteiger partial charge < -0.3 is 15.1 Å². The van der Waals surface area contributed by atoms with Crippen molar-refractivity contribution in [2.24, 2.45) is 0 Å². The van der Waals surface area contributed by atoms with Crippen LogP contribution in [-0.4, -0.2) is 84.8 Å². The summed E-state index contributed by atoms with van der Waals surface area (Å²) in [6.07, 6.45) is 5.29. The summed E-state index contributed by atoms with van der Waals surface area (Å²) in [4.78, 5) is 22.0. The van der Waals surface area contributed by atoms with Gasteiger partial charge in [0, 0.05) is 38.8 Å². The number of hydrogen-bond donors (Lipinski definition) is 2. The van der Waals surface area contributed by atoms with Crippen LogP contribution >= 0.6 is 0 Å². The minimum atomic E-state index is -3.40. The third-order valence-corrected chi connectivity index (χ3v) is 7.09. The van der Waals surface area contributed by atoms with Crippen LogP contribution in [0.2, 0.25) is 0 Å². The largest absolute Gasteiger partial charge is 0.367 e. The summed E-state index contributed by atoms with van der Waals surface area (Å²) in [6, 6.07) is 2.01. The molecule has 1 saturated carbocycles. The predicted molar refractivity (Wildman–Crippen MR) is 117 cm³/mol. The van der Waals surface area contributed by atoms with Crippen LogP contribution in [0.5, 0.6) is 0 Å². The highest BCUT2D eigenvalue weighted by Gasteiger charge is 2.22. The molecule has 1 saturated heterocycles. The first-order valence-electron chi connectivity index (χ1n) is 10.6. The van der Waals surface area contributed by atoms with Gasteiger partial charge in [0.05, 0.1) is 11.9 Å². The smallest absolute Gasteiger partial charge is 0.229 e. The second-order valence-electron chi connectivity index (χ2n) is 8.05. The van der Waals surface area contributed by atoms with E-state index in [-0.39, 0.29) is 24.0 Å². The van der Waals surface area contributed by atoms with Crippen molar-refractivity contribution < 1.29 is 8.42 Å². The molecule has 2 fully saturated rings. The second kappa shape index (κ2) is 9.25. The van der Waals surface area contributed by atoms with Crippen molar-refractivity contribution in [1.29, 1.82) is 5.26 Å². The first-order chi connectivity index (χ1) is 14.9. The lowest BCUT2D eigenvalue weighted by Crippen LogP contribution is -2.45. The van der Waals surface area contributed by atoms with Gasteiger partial charge in [0.2, 0.25) is 16.0 Å². The van der Waals surface area contributed by atoms with E-state index in [9.17, 15) is 13.7 Å². The second-order valence-corrected chi connectivity index (χ2v) is 9.92. The molecule has 0 bridgehead atoms. The maximum atomic E-state index is 12.4. The van der Waals surface area contributed by atoms with Gasteiger partial charge in [-0.15, -0.1) is 0 Å². The van der Waals surface area contributed by atoms with E-state index < -0.39 is 10.0 Å². The predicted octanol–water partition coefficient (Wildman–Crippen LogP) is 0.317. The maximum Gasteiger partial charge on any atom is 0.229 e. The number of fused-ring (bicyclic) bond motifs is 1. The van der Waals surface area contributed by atoms with E-state index in [0.29, 0.717) is 22.9 Å². The minimum absolute atomic E-state index is 0.0396. The first kappa shape index (κ1) is 21.6. The maximum absolute atomic E-state index is 12.4. The molecule has 0 amide bonds. The number of nitrogens with one attached hydrogen (secondary N) is 2. The summed E-state index contributed by atoms with van der Waals surface area (Å²) >= 11 is 0. The molecule has 2 N–H and O–H groups in total. The van der Waals surface area contributed by atoms with Gasteiger partial charge in [-0.2, -0.15) is 15.2 Å². The Morgan fingerprint density at radius 1 is 1.16 bits per heavy atom. The van der Waals surface area contributed by atoms with Gasteiger partial charge in [0.15, 0.2) is 22.7 Å². The molecule has 3 heterocycles. The summed E-state index contributed by atoms with van der Waals surface area (Å²) in [5, 5.41) is 12.3. The van der Waals surface area contributed by atoms with E-state index >= 15 is 0 Å². The molecule has 12 heteroatoms. The van der Waals surface area contributed by atoms with Crippen LogP contribution in [0.25, 0.3) is 11.2 Å². The Morgan fingerprint density at radius 3 is 2.61 bits per heavy atom. The van der Waals surface area contributed by atoms with Crippen molar-refractivity contribution in [2.75, 3.05) is 55.7 Å². The monoisotopic (exact) mass is 445 g/mol. The van der Waals surface area contributed by atoms with E-state index in [2.05, 4.69) is 46.8 Å². The highest BCUT2D eigenvalue weighted by Crippen LogP contribution is 2.22. The molecule has 1 aliphatic heterocycles. The number of piperazine rings is 1. The fourth-order valence-corrected chi connectivity index (χ4v) is 5.11. The van der Waals surface area contributed by atoms with Crippen LogP contribution < -0.4 is 14.9 Å². The third-order valence-electron chi connectivity index (χ3n) is 5.66. The molecule has 0 spiro atoms. The van der Waals surface area contributed by atoms with Crippen molar-refractivity contribution in [1.82, 2.24) is 29.6 Å². The highest BCUT2D eigenvalue weighted by molar-refractivity contribution is 7.89. The number of likely N-dealkylation sites (N-methyl/N-ethyl adjacent to an activating group) is 1. The summed E-state index contributed by atoms with van der Waals surface area (Å²) < 4.78 is 27.6. The topological polar surface area (TPSA) is 140 Å². The van der Waals surface area contributed by atoms with Crippen LogP contribution in [0.15, 0.2) is 6.20 Å². The average molecular weight is 446 g/mol. The van der Waals surface area contributed by atoms with E-state index in [1.807, 2.05) is 6.07 Å². The minimum Gasteiger partial charge on any atom is -0.367 e. The molecular formula is C19H27N9O2S. The lowest BCUT2D eigenvalue weighted by molar-refractivity contribution is 0.311. The molecule has 0 radical (unpaired) electrons. The molecule has 2 aromatic rings. The summed E-state index contributed by atoms with van der Waals surface area (Å²) in [5.74, 6) is 0.832. The van der Waals surface area contributed by atoms with Gasteiger partial charge >= 0.3 is 0 Å². The summed E-state index contributed by atoms with van der Waals surface area (Å²) in [5.41, 5.74) is 0.887. The molecule has 166 valence electrons. The number of sulfonamides is 1. The van der Waals surface area contributed by atoms with Crippen molar-refractivity contribution in [3.63, 3.8) is 0 Å². The van der Waals surface area contributed by atoms with Gasteiger partial charge in [-0.05, 0) is 19.9 Å². The van der Waals surface area contributed by atoms with Crippen molar-refractivity contribution in [3.05, 3.63) is 11.9 Å². The number of hydrogen-bond acceptors (Lipinski definition) is 10. The van der Waals surface area contributed by atoms with Crippen LogP contribution in [0.1, 0.15) is 31.4 Å². The van der Waals surface area contributed by atoms with Gasteiger partial charge in [-0.25, -0.2) is 23.1 Å². The fourth-order valence-electron chi connectivity index (χ4n) is 3.88. The molecular weight excluding hydrogens is 418 g/mol. The third kappa shape index (κ3) is 5.36. The molecule has 11 nitrogen and oxygen atoms in total. The molecule has 0 aromatic carbocycles. The zero-order chi connectivity index (χ0) is 21.8. The van der Waals surface area contributed by atoms with Crippen LogP contribution in [0.4, 0.5) is 11.8 Å². The fraction of sp³-hybridized carbons (Fsp3) is 0.632. The number of rotatable bonds is 7. The number of nitriles is 1. The van der Waals surface area contributed by atoms with Gasteiger partial charge in [-0.3, -0.25) is 0 Å². The average Bonchev–Trinajstić information content (AvgIpc) is 3.26. The van der Waals surface area contributed by atoms with Crippen LogP contribution in [-0.2, 0) is 10.0 Å². The highest BCUT2D eigenvalue weighted by atomic mass is 32.2. The van der Waals surface area contributed by atoms with Crippen LogP contribution in [0, 0.1) is 11.3 Å². The molecule has 31 heavy (non-hydrogen) atoms. The summed E-state index contributed by atoms with van der Waals surface area (Å²) in [7, 11) is -1.33. The van der Waals surface area contributed by atoms with Gasteiger partial charge in [0.25, 0.3) is 0 Å². The van der Waals surface area contributed by atoms with Crippen molar-refractivity contribution in [3.8, 4) is 6.07 Å². The standard InChI is InChI=1S/C19H27N9O2S/c1-27-7-9-28(10-8-27)19-24-17(16-18(25-19)22-13-15(12-20)23-16)21-6-11-31(29,30)26-14-4-2-3-5-14/h13-14,26H,2-11H2,1H3,(H,21,22,24,25). The number of anilines is 2. The quantitative estimate of drug-likeness (QED) is 0.612. The SMILES string of the molecule is CN1CCN(c2nc(NCCS(=O)(=O)NC3CCCC3)c3nc(C#N)cnc3n2)CC1. The molecule has 2 aliphatic rings. The lowest BCUT2D eigenvalue weighted by Gasteiger charge is -2.32. The molecule has 0 atom stereocenters. The summed E-state index contributed by atoms with van der Waals surface area (Å²) in [6.45, 7) is 3.52. The molecule has 0 unspecified atom stereocenters. The molecule has 4 rings (SSSR count). The van der Waals surface area contributed by atoms with Gasteiger partial charge in [-0.1, -0.05) is 12.8 Å². The Balaban J connectivity index is 1.53. The Hall–Kier alpha value is -2.62. The van der Waals surface area contributed by atoms with Crippen molar-refractivity contribution in [2.45, 2.75) is 31.7 Å². The van der Waals surface area contributed by atoms with E-state index in [1.165, 1.54) is 6.20 Å². The molecule has 2 aromatic heterocycles. The zero-order valence-electron chi connectivity index (χ0n) is 17.6. The van der Waals surface area contributed by atoms with Crippen LogP contribution in [0.3, 0.4) is 0 Å². The first-order valence-corrected chi connectivity index (χ1v) is 12.2. The van der Waals surface area contributed by atoms with E-state index in [1.54, 1.807) is 0 Å². The van der Waals surface area contributed by atoms with Crippen molar-refractivity contribution >= 4 is 33.0 Å². The Bertz CT molecular complexity index is 1070. The number of nitrogens with zero attached hydrogens (tertiary/aromatic N) is 7. The Labute approximate surface area is 181 Å².